The zero-order chi connectivity index (χ0) is 11.3. The monoisotopic (exact) mass is 228 g/mol. The van der Waals surface area contributed by atoms with Crippen LogP contribution in [0.1, 0.15) is 11.8 Å². The van der Waals surface area contributed by atoms with E-state index in [1.54, 1.807) is 0 Å². The van der Waals surface area contributed by atoms with Crippen LogP contribution in [0.2, 0.25) is 0 Å². The first-order chi connectivity index (χ1) is 7.09. The fraction of sp³-hybridized carbons (Fsp3) is 0.333. The number of amides is 2. The number of hydrogen-bond donors (Lipinski definition) is 3. The molecule has 1 heterocycles. The first-order valence-corrected chi connectivity index (χ1v) is 5.27. The third kappa shape index (κ3) is 3.99. The highest BCUT2D eigenvalue weighted by Crippen LogP contribution is 2.06. The maximum absolute atomic E-state index is 11.2. The Balaban J connectivity index is 2.28. The zero-order valence-electron chi connectivity index (χ0n) is 8.19. The van der Waals surface area contributed by atoms with E-state index < -0.39 is 18.0 Å². The van der Waals surface area contributed by atoms with E-state index in [1.807, 2.05) is 17.5 Å². The number of carboxylic acid groups (broad SMARTS) is 1. The minimum absolute atomic E-state index is 0.413. The quantitative estimate of drug-likeness (QED) is 0.720. The molecule has 3 N–H and O–H groups in total. The first-order valence-electron chi connectivity index (χ1n) is 4.39. The topological polar surface area (TPSA) is 78.4 Å². The third-order valence-electron chi connectivity index (χ3n) is 1.72. The smallest absolute Gasteiger partial charge is 0.325 e. The van der Waals surface area contributed by atoms with Crippen molar-refractivity contribution in [2.24, 2.45) is 0 Å². The molecule has 82 valence electrons. The maximum Gasteiger partial charge on any atom is 0.325 e. The van der Waals surface area contributed by atoms with Gasteiger partial charge in [-0.25, -0.2) is 4.79 Å². The number of urea groups is 1. The van der Waals surface area contributed by atoms with Crippen molar-refractivity contribution in [3.63, 3.8) is 0 Å². The second-order valence-electron chi connectivity index (χ2n) is 2.97. The Kier molecular flexibility index (Phi) is 4.11. The molecule has 0 saturated heterocycles. The molecule has 0 aliphatic heterocycles. The molecule has 0 fully saturated rings. The van der Waals surface area contributed by atoms with Gasteiger partial charge in [-0.05, 0) is 18.4 Å². The van der Waals surface area contributed by atoms with Gasteiger partial charge in [0.2, 0.25) is 0 Å². The molecule has 0 bridgehead atoms. The van der Waals surface area contributed by atoms with Crippen molar-refractivity contribution in [1.29, 1.82) is 0 Å². The van der Waals surface area contributed by atoms with E-state index in [4.69, 9.17) is 5.11 Å². The number of thiophene rings is 1. The van der Waals surface area contributed by atoms with Crippen LogP contribution in [-0.4, -0.2) is 23.1 Å². The molecular weight excluding hydrogens is 216 g/mol. The molecule has 0 saturated carbocycles. The number of carbonyl (C=O) groups is 2. The highest BCUT2D eigenvalue weighted by Gasteiger charge is 2.13. The Morgan fingerprint density at radius 1 is 1.60 bits per heavy atom. The van der Waals surface area contributed by atoms with Gasteiger partial charge in [-0.3, -0.25) is 4.79 Å². The molecular formula is C9H12N2O3S. The summed E-state index contributed by atoms with van der Waals surface area (Å²) in [6.45, 7) is 1.82. The SMILES string of the molecule is C[C@H](NC(=O)NCc1cccs1)C(=O)O. The van der Waals surface area contributed by atoms with Crippen LogP contribution in [0.5, 0.6) is 0 Å². The third-order valence-corrected chi connectivity index (χ3v) is 2.60. The maximum atomic E-state index is 11.2. The van der Waals surface area contributed by atoms with Crippen LogP contribution < -0.4 is 10.6 Å². The highest BCUT2D eigenvalue weighted by molar-refractivity contribution is 7.09. The zero-order valence-corrected chi connectivity index (χ0v) is 9.00. The van der Waals surface area contributed by atoms with Crippen molar-refractivity contribution in [3.8, 4) is 0 Å². The number of carbonyl (C=O) groups excluding carboxylic acids is 1. The van der Waals surface area contributed by atoms with Gasteiger partial charge in [0.15, 0.2) is 0 Å². The van der Waals surface area contributed by atoms with E-state index in [0.717, 1.165) is 4.88 Å². The molecule has 1 rings (SSSR count). The molecule has 5 nitrogen and oxygen atoms in total. The van der Waals surface area contributed by atoms with Gasteiger partial charge in [-0.1, -0.05) is 6.07 Å². The number of hydrogen-bond acceptors (Lipinski definition) is 3. The van der Waals surface area contributed by atoms with E-state index in [2.05, 4.69) is 10.6 Å². The first kappa shape index (κ1) is 11.5. The van der Waals surface area contributed by atoms with Crippen LogP contribution in [0.3, 0.4) is 0 Å². The summed E-state index contributed by atoms with van der Waals surface area (Å²) in [5.74, 6) is -1.05. The predicted octanol–water partition coefficient (Wildman–Crippen LogP) is 1.02. The normalized spacial score (nSPS) is 11.8. The van der Waals surface area contributed by atoms with Crippen LogP contribution in [0, 0.1) is 0 Å². The van der Waals surface area contributed by atoms with Crippen LogP contribution >= 0.6 is 11.3 Å². The average molecular weight is 228 g/mol. The molecule has 0 aliphatic rings. The molecule has 6 heteroatoms. The Labute approximate surface area is 91.1 Å². The Bertz CT molecular complexity index is 337. The largest absolute Gasteiger partial charge is 0.480 e. The minimum Gasteiger partial charge on any atom is -0.480 e. The van der Waals surface area contributed by atoms with Crippen LogP contribution in [0.4, 0.5) is 4.79 Å². The summed E-state index contributed by atoms with van der Waals surface area (Å²) < 4.78 is 0. The number of aliphatic carboxylic acids is 1. The van der Waals surface area contributed by atoms with Crippen molar-refractivity contribution >= 4 is 23.3 Å². The van der Waals surface area contributed by atoms with Crippen molar-refractivity contribution in [1.82, 2.24) is 10.6 Å². The molecule has 0 radical (unpaired) electrons. The average Bonchev–Trinajstić information content (AvgIpc) is 2.66. The predicted molar refractivity (Wildman–Crippen MR) is 56.8 cm³/mol. The van der Waals surface area contributed by atoms with E-state index >= 15 is 0 Å². The van der Waals surface area contributed by atoms with E-state index in [1.165, 1.54) is 18.3 Å². The van der Waals surface area contributed by atoms with E-state index in [9.17, 15) is 9.59 Å². The van der Waals surface area contributed by atoms with Crippen LogP contribution in [0.25, 0.3) is 0 Å². The van der Waals surface area contributed by atoms with E-state index in [-0.39, 0.29) is 0 Å². The molecule has 0 spiro atoms. The summed E-state index contributed by atoms with van der Waals surface area (Å²) in [7, 11) is 0. The Morgan fingerprint density at radius 3 is 2.87 bits per heavy atom. The lowest BCUT2D eigenvalue weighted by molar-refractivity contribution is -0.138. The summed E-state index contributed by atoms with van der Waals surface area (Å²) in [5, 5.41) is 15.3. The summed E-state index contributed by atoms with van der Waals surface area (Å²) in [6.07, 6.45) is 0. The van der Waals surface area contributed by atoms with Crippen molar-refractivity contribution in [2.45, 2.75) is 19.5 Å². The van der Waals surface area contributed by atoms with Gasteiger partial charge in [-0.2, -0.15) is 0 Å². The number of rotatable bonds is 4. The van der Waals surface area contributed by atoms with Crippen molar-refractivity contribution in [3.05, 3.63) is 22.4 Å². The summed E-state index contributed by atoms with van der Waals surface area (Å²) in [6, 6.07) is 2.43. The molecule has 0 aliphatic carbocycles. The van der Waals surface area contributed by atoms with Gasteiger partial charge in [0.05, 0.1) is 6.54 Å². The molecule has 2 amide bonds. The second-order valence-corrected chi connectivity index (χ2v) is 4.00. The molecule has 1 aromatic rings. The lowest BCUT2D eigenvalue weighted by Crippen LogP contribution is -2.43. The second kappa shape index (κ2) is 5.35. The van der Waals surface area contributed by atoms with Crippen LogP contribution in [0.15, 0.2) is 17.5 Å². The molecule has 0 unspecified atom stereocenters. The van der Waals surface area contributed by atoms with Gasteiger partial charge >= 0.3 is 12.0 Å². The molecule has 0 aromatic carbocycles. The summed E-state index contributed by atoms with van der Waals surface area (Å²) in [4.78, 5) is 22.6. The Hall–Kier alpha value is -1.56. The summed E-state index contributed by atoms with van der Waals surface area (Å²) >= 11 is 1.53. The van der Waals surface area contributed by atoms with E-state index in [0.29, 0.717) is 6.54 Å². The standard InChI is InChI=1S/C9H12N2O3S/c1-6(8(12)13)11-9(14)10-5-7-3-2-4-15-7/h2-4,6H,5H2,1H3,(H,12,13)(H2,10,11,14)/t6-/m0/s1. The van der Waals surface area contributed by atoms with Gasteiger partial charge in [0.25, 0.3) is 0 Å². The number of carboxylic acids is 1. The minimum atomic E-state index is -1.05. The molecule has 1 atom stereocenters. The number of nitrogens with one attached hydrogen (secondary N) is 2. The molecule has 1 aromatic heterocycles. The van der Waals surface area contributed by atoms with Gasteiger partial charge < -0.3 is 15.7 Å². The van der Waals surface area contributed by atoms with Gasteiger partial charge in [0, 0.05) is 4.88 Å². The fourth-order valence-corrected chi connectivity index (χ4v) is 1.53. The molecule has 15 heavy (non-hydrogen) atoms. The van der Waals surface area contributed by atoms with Crippen molar-refractivity contribution < 1.29 is 14.7 Å². The van der Waals surface area contributed by atoms with Gasteiger partial charge in [0.1, 0.15) is 6.04 Å². The Morgan fingerprint density at radius 2 is 2.33 bits per heavy atom. The highest BCUT2D eigenvalue weighted by atomic mass is 32.1. The van der Waals surface area contributed by atoms with Crippen LogP contribution in [-0.2, 0) is 11.3 Å². The lowest BCUT2D eigenvalue weighted by atomic mass is 10.3. The summed E-state index contributed by atoms with van der Waals surface area (Å²) in [5.41, 5.74) is 0. The van der Waals surface area contributed by atoms with Crippen molar-refractivity contribution in [2.75, 3.05) is 0 Å². The van der Waals surface area contributed by atoms with Gasteiger partial charge in [-0.15, -0.1) is 11.3 Å². The fourth-order valence-electron chi connectivity index (χ4n) is 0.890. The lowest BCUT2D eigenvalue weighted by Gasteiger charge is -2.09.